The molecular weight excluding hydrogens is 307 g/mol. The number of benzene rings is 1. The van der Waals surface area contributed by atoms with Crippen LogP contribution in [0.3, 0.4) is 0 Å². The van der Waals surface area contributed by atoms with E-state index in [2.05, 4.69) is 26.1 Å². The molecule has 5 heteroatoms. The molecule has 0 aromatic heterocycles. The highest BCUT2D eigenvalue weighted by molar-refractivity contribution is 9.10. The Morgan fingerprint density at radius 3 is 2.65 bits per heavy atom. The van der Waals surface area contributed by atoms with Crippen LogP contribution >= 0.6 is 27.5 Å². The van der Waals surface area contributed by atoms with Crippen LogP contribution in [0.2, 0.25) is 5.02 Å². The van der Waals surface area contributed by atoms with E-state index >= 15 is 0 Å². The molecule has 17 heavy (non-hydrogen) atoms. The number of hydrogen-bond donors (Lipinski definition) is 1. The molecule has 0 fully saturated rings. The Kier molecular flexibility index (Phi) is 5.86. The lowest BCUT2D eigenvalue weighted by Gasteiger charge is -2.20. The zero-order valence-electron chi connectivity index (χ0n) is 10.2. The van der Waals surface area contributed by atoms with Gasteiger partial charge in [-0.3, -0.25) is 0 Å². The Balaban J connectivity index is 2.92. The minimum absolute atomic E-state index is 0.0250. The fraction of sp³-hybridized carbons (Fsp3) is 0.500. The molecule has 0 bridgehead atoms. The second kappa shape index (κ2) is 6.69. The Morgan fingerprint density at radius 1 is 1.47 bits per heavy atom. The highest BCUT2D eigenvalue weighted by atomic mass is 79.9. The monoisotopic (exact) mass is 322 g/mol. The van der Waals surface area contributed by atoms with Gasteiger partial charge in [-0.2, -0.15) is 0 Å². The number of nitrogens with zero attached hydrogens (tertiary/aromatic N) is 1. The van der Waals surface area contributed by atoms with E-state index < -0.39 is 0 Å². The van der Waals surface area contributed by atoms with E-state index in [-0.39, 0.29) is 16.9 Å². The summed E-state index contributed by atoms with van der Waals surface area (Å²) in [7, 11) is 5.82. The van der Waals surface area contributed by atoms with Gasteiger partial charge >= 0.3 is 0 Å². The number of hydrogen-bond acceptors (Lipinski definition) is 2. The van der Waals surface area contributed by atoms with Crippen LogP contribution in [0.4, 0.5) is 4.39 Å². The van der Waals surface area contributed by atoms with Gasteiger partial charge in [0.1, 0.15) is 5.82 Å². The van der Waals surface area contributed by atoms with Crippen LogP contribution in [0, 0.1) is 5.82 Å². The summed E-state index contributed by atoms with van der Waals surface area (Å²) in [6.07, 6.45) is 0.832. The molecule has 1 N–H and O–H groups in total. The molecule has 2 nitrogen and oxygen atoms in total. The molecule has 0 aliphatic heterocycles. The molecule has 1 unspecified atom stereocenters. The highest BCUT2D eigenvalue weighted by Crippen LogP contribution is 2.31. The molecule has 96 valence electrons. The summed E-state index contributed by atoms with van der Waals surface area (Å²) in [4.78, 5) is 2.07. The van der Waals surface area contributed by atoms with Crippen molar-refractivity contribution in [3.05, 3.63) is 33.0 Å². The van der Waals surface area contributed by atoms with Gasteiger partial charge in [0.2, 0.25) is 0 Å². The quantitative estimate of drug-likeness (QED) is 0.835. The first-order valence-electron chi connectivity index (χ1n) is 5.42. The number of halogens is 3. The van der Waals surface area contributed by atoms with E-state index in [0.29, 0.717) is 10.0 Å². The largest absolute Gasteiger partial charge is 0.313 e. The van der Waals surface area contributed by atoms with Gasteiger partial charge in [0.15, 0.2) is 0 Å². The van der Waals surface area contributed by atoms with E-state index in [1.54, 1.807) is 12.1 Å². The summed E-state index contributed by atoms with van der Waals surface area (Å²) in [5.74, 6) is -0.348. The third-order valence-corrected chi connectivity index (χ3v) is 3.91. The fourth-order valence-corrected chi connectivity index (χ4v) is 2.13. The molecule has 0 aliphatic carbocycles. The van der Waals surface area contributed by atoms with Crippen molar-refractivity contribution < 1.29 is 4.39 Å². The molecule has 1 rings (SSSR count). The first-order valence-corrected chi connectivity index (χ1v) is 6.59. The molecule has 0 spiro atoms. The number of rotatable bonds is 5. The SMILES string of the molecule is CNC(CCN(C)C)c1ccc(Br)c(Cl)c1F. The Hall–Kier alpha value is -0.160. The second-order valence-corrected chi connectivity index (χ2v) is 5.43. The lowest BCUT2D eigenvalue weighted by atomic mass is 10.0. The first kappa shape index (κ1) is 14.9. The van der Waals surface area contributed by atoms with Crippen LogP contribution < -0.4 is 5.32 Å². The molecule has 1 aromatic carbocycles. The normalized spacial score (nSPS) is 13.1. The van der Waals surface area contributed by atoms with Crippen molar-refractivity contribution in [2.24, 2.45) is 0 Å². The summed E-state index contributed by atoms with van der Waals surface area (Å²) in [6.45, 7) is 0.888. The van der Waals surface area contributed by atoms with Gasteiger partial charge in [0.05, 0.1) is 5.02 Å². The molecule has 0 saturated heterocycles. The van der Waals surface area contributed by atoms with Crippen LogP contribution in [0.1, 0.15) is 18.0 Å². The van der Waals surface area contributed by atoms with Crippen molar-refractivity contribution in [3.63, 3.8) is 0 Å². The third-order valence-electron chi connectivity index (χ3n) is 2.65. The first-order chi connectivity index (χ1) is 7.97. The zero-order chi connectivity index (χ0) is 13.0. The average Bonchev–Trinajstić information content (AvgIpc) is 2.29. The van der Waals surface area contributed by atoms with Gasteiger partial charge in [-0.15, -0.1) is 0 Å². The smallest absolute Gasteiger partial charge is 0.147 e. The zero-order valence-corrected chi connectivity index (χ0v) is 12.6. The Labute approximate surface area is 115 Å². The molecular formula is C12H17BrClFN2. The molecule has 0 aliphatic rings. The van der Waals surface area contributed by atoms with Gasteiger partial charge in [-0.1, -0.05) is 17.7 Å². The summed E-state index contributed by atoms with van der Waals surface area (Å²) >= 11 is 9.10. The average molecular weight is 324 g/mol. The van der Waals surface area contributed by atoms with Crippen LogP contribution in [0.25, 0.3) is 0 Å². The van der Waals surface area contributed by atoms with Gasteiger partial charge in [0.25, 0.3) is 0 Å². The van der Waals surface area contributed by atoms with Crippen molar-refractivity contribution in [2.75, 3.05) is 27.7 Å². The van der Waals surface area contributed by atoms with Gasteiger partial charge in [0, 0.05) is 16.1 Å². The fourth-order valence-electron chi connectivity index (χ4n) is 1.65. The standard InChI is InChI=1S/C12H17BrClFN2/c1-16-10(6-7-17(2)3)8-4-5-9(13)11(14)12(8)15/h4-5,10,16H,6-7H2,1-3H3. The predicted molar refractivity (Wildman–Crippen MR) is 74.1 cm³/mol. The van der Waals surface area contributed by atoms with Crippen molar-refractivity contribution in [1.29, 1.82) is 0 Å². The summed E-state index contributed by atoms with van der Waals surface area (Å²) in [5, 5.41) is 3.27. The third kappa shape index (κ3) is 3.91. The molecule has 1 atom stereocenters. The van der Waals surface area contributed by atoms with Gasteiger partial charge in [-0.05, 0) is 56.1 Å². The minimum Gasteiger partial charge on any atom is -0.313 e. The molecule has 0 radical (unpaired) electrons. The van der Waals surface area contributed by atoms with Crippen molar-refractivity contribution in [1.82, 2.24) is 10.2 Å². The van der Waals surface area contributed by atoms with Crippen LogP contribution in [-0.4, -0.2) is 32.6 Å². The van der Waals surface area contributed by atoms with Crippen LogP contribution in [0.5, 0.6) is 0 Å². The van der Waals surface area contributed by atoms with E-state index in [0.717, 1.165) is 13.0 Å². The molecule has 0 heterocycles. The van der Waals surface area contributed by atoms with E-state index in [9.17, 15) is 4.39 Å². The van der Waals surface area contributed by atoms with E-state index in [4.69, 9.17) is 11.6 Å². The maximum Gasteiger partial charge on any atom is 0.147 e. The summed E-state index contributed by atoms with van der Waals surface area (Å²) in [6, 6.07) is 3.52. The van der Waals surface area contributed by atoms with Crippen molar-refractivity contribution in [2.45, 2.75) is 12.5 Å². The molecule has 0 amide bonds. The van der Waals surface area contributed by atoms with E-state index in [1.807, 2.05) is 21.1 Å². The van der Waals surface area contributed by atoms with Gasteiger partial charge in [-0.25, -0.2) is 4.39 Å². The summed E-state index contributed by atoms with van der Waals surface area (Å²) < 4.78 is 14.6. The van der Waals surface area contributed by atoms with Crippen LogP contribution in [-0.2, 0) is 0 Å². The minimum atomic E-state index is -0.348. The Bertz CT molecular complexity index is 385. The lowest BCUT2D eigenvalue weighted by molar-refractivity contribution is 0.364. The maximum absolute atomic E-state index is 14.0. The Morgan fingerprint density at radius 2 is 2.12 bits per heavy atom. The predicted octanol–water partition coefficient (Wildman–Crippen LogP) is 3.45. The van der Waals surface area contributed by atoms with Crippen LogP contribution in [0.15, 0.2) is 16.6 Å². The number of nitrogens with one attached hydrogen (secondary N) is 1. The highest BCUT2D eigenvalue weighted by Gasteiger charge is 2.17. The van der Waals surface area contributed by atoms with Crippen molar-refractivity contribution in [3.8, 4) is 0 Å². The molecule has 1 aromatic rings. The van der Waals surface area contributed by atoms with Gasteiger partial charge < -0.3 is 10.2 Å². The molecule has 0 saturated carbocycles. The summed E-state index contributed by atoms with van der Waals surface area (Å²) in [5.41, 5.74) is 0.613. The maximum atomic E-state index is 14.0. The van der Waals surface area contributed by atoms with E-state index in [1.165, 1.54) is 0 Å². The lowest BCUT2D eigenvalue weighted by Crippen LogP contribution is -2.23. The van der Waals surface area contributed by atoms with Crippen molar-refractivity contribution >= 4 is 27.5 Å². The topological polar surface area (TPSA) is 15.3 Å². The second-order valence-electron chi connectivity index (χ2n) is 4.20.